The molecule has 152 valence electrons. The maximum atomic E-state index is 12.7. The first-order chi connectivity index (χ1) is 14.1. The molecule has 7 heteroatoms. The number of benzene rings is 1. The standard InChI is InChI=1S/C22H25N3O4/c26-18(23-19(17-10-7-15-29-17)16-8-2-1-3-9-16)11-6-14-25-20(27)22(24-21(25)28)12-4-5-13-22/h1-3,7-10,15,19H,4-6,11-14H2,(H,23,26)(H,24,28)/t19-/m0/s1. The van der Waals surface area contributed by atoms with E-state index in [1.807, 2.05) is 36.4 Å². The SMILES string of the molecule is O=C(CCCN1C(=O)NC2(CCCC2)C1=O)N[C@@H](c1ccccc1)c1ccco1. The molecule has 4 rings (SSSR count). The van der Waals surface area contributed by atoms with Gasteiger partial charge in [-0.3, -0.25) is 14.5 Å². The molecular weight excluding hydrogens is 370 g/mol. The average Bonchev–Trinajstić information content (AvgIpc) is 3.46. The largest absolute Gasteiger partial charge is 0.467 e. The van der Waals surface area contributed by atoms with Gasteiger partial charge >= 0.3 is 6.03 Å². The van der Waals surface area contributed by atoms with Gasteiger partial charge in [0.25, 0.3) is 5.91 Å². The van der Waals surface area contributed by atoms with E-state index in [0.717, 1.165) is 18.4 Å². The third kappa shape index (κ3) is 3.90. The Hall–Kier alpha value is -3.09. The van der Waals surface area contributed by atoms with Crippen LogP contribution in [0.3, 0.4) is 0 Å². The zero-order chi connectivity index (χ0) is 20.3. The number of imide groups is 1. The topological polar surface area (TPSA) is 91.7 Å². The summed E-state index contributed by atoms with van der Waals surface area (Å²) in [5, 5.41) is 5.86. The van der Waals surface area contributed by atoms with Crippen molar-refractivity contribution in [1.82, 2.24) is 15.5 Å². The number of hydrogen-bond donors (Lipinski definition) is 2. The fourth-order valence-corrected chi connectivity index (χ4v) is 4.25. The maximum Gasteiger partial charge on any atom is 0.325 e. The number of furan rings is 1. The van der Waals surface area contributed by atoms with Crippen molar-refractivity contribution in [3.8, 4) is 0 Å². The lowest BCUT2D eigenvalue weighted by molar-refractivity contribution is -0.131. The van der Waals surface area contributed by atoms with Crippen LogP contribution in [0, 0.1) is 0 Å². The van der Waals surface area contributed by atoms with E-state index in [-0.39, 0.29) is 36.9 Å². The van der Waals surface area contributed by atoms with Gasteiger partial charge in [-0.25, -0.2) is 4.79 Å². The number of urea groups is 1. The predicted molar refractivity (Wildman–Crippen MR) is 106 cm³/mol. The monoisotopic (exact) mass is 395 g/mol. The van der Waals surface area contributed by atoms with Gasteiger partial charge in [-0.2, -0.15) is 0 Å². The van der Waals surface area contributed by atoms with Gasteiger partial charge in [0.05, 0.1) is 6.26 Å². The summed E-state index contributed by atoms with van der Waals surface area (Å²) >= 11 is 0. The van der Waals surface area contributed by atoms with E-state index in [2.05, 4.69) is 10.6 Å². The molecule has 2 heterocycles. The van der Waals surface area contributed by atoms with Crippen molar-refractivity contribution in [1.29, 1.82) is 0 Å². The summed E-state index contributed by atoms with van der Waals surface area (Å²) in [4.78, 5) is 38.7. The lowest BCUT2D eigenvalue weighted by Gasteiger charge is -2.20. The van der Waals surface area contributed by atoms with Crippen LogP contribution in [0.1, 0.15) is 55.9 Å². The van der Waals surface area contributed by atoms with Crippen molar-refractivity contribution < 1.29 is 18.8 Å². The minimum absolute atomic E-state index is 0.141. The minimum Gasteiger partial charge on any atom is -0.467 e. The van der Waals surface area contributed by atoms with Gasteiger partial charge in [0.15, 0.2) is 0 Å². The average molecular weight is 395 g/mol. The Morgan fingerprint density at radius 2 is 1.90 bits per heavy atom. The van der Waals surface area contributed by atoms with Crippen molar-refractivity contribution in [2.24, 2.45) is 0 Å². The molecule has 29 heavy (non-hydrogen) atoms. The highest BCUT2D eigenvalue weighted by Crippen LogP contribution is 2.35. The molecule has 2 aromatic rings. The summed E-state index contributed by atoms with van der Waals surface area (Å²) in [5.74, 6) is 0.359. The third-order valence-corrected chi connectivity index (χ3v) is 5.75. The first kappa shape index (κ1) is 19.2. The van der Waals surface area contributed by atoms with E-state index < -0.39 is 5.54 Å². The van der Waals surface area contributed by atoms with Gasteiger partial charge in [0.2, 0.25) is 5.91 Å². The smallest absolute Gasteiger partial charge is 0.325 e. The van der Waals surface area contributed by atoms with Crippen molar-refractivity contribution in [3.05, 3.63) is 60.1 Å². The molecule has 1 aliphatic heterocycles. The minimum atomic E-state index is -0.697. The Kier molecular flexibility index (Phi) is 5.38. The Bertz CT molecular complexity index is 873. The van der Waals surface area contributed by atoms with Crippen LogP contribution in [0.2, 0.25) is 0 Å². The molecule has 1 saturated heterocycles. The molecule has 7 nitrogen and oxygen atoms in total. The first-order valence-corrected chi connectivity index (χ1v) is 10.1. The molecule has 2 fully saturated rings. The van der Waals surface area contributed by atoms with E-state index in [1.165, 1.54) is 4.90 Å². The van der Waals surface area contributed by atoms with Gasteiger partial charge in [-0.1, -0.05) is 43.2 Å². The highest BCUT2D eigenvalue weighted by molar-refractivity contribution is 6.07. The quantitative estimate of drug-likeness (QED) is 0.705. The van der Waals surface area contributed by atoms with Crippen LogP contribution in [0.5, 0.6) is 0 Å². The summed E-state index contributed by atoms with van der Waals surface area (Å²) in [6.07, 6.45) is 5.53. The fraction of sp³-hybridized carbons (Fsp3) is 0.409. The summed E-state index contributed by atoms with van der Waals surface area (Å²) in [5.41, 5.74) is 0.227. The van der Waals surface area contributed by atoms with Gasteiger partial charge in [0.1, 0.15) is 17.3 Å². The number of carbonyl (C=O) groups is 3. The lowest BCUT2D eigenvalue weighted by atomic mass is 9.98. The summed E-state index contributed by atoms with van der Waals surface area (Å²) in [7, 11) is 0. The molecule has 4 amide bonds. The molecule has 1 aromatic heterocycles. The molecule has 0 radical (unpaired) electrons. The molecule has 1 aromatic carbocycles. The molecule has 0 bridgehead atoms. The first-order valence-electron chi connectivity index (χ1n) is 10.1. The Morgan fingerprint density at radius 3 is 2.59 bits per heavy atom. The van der Waals surface area contributed by atoms with E-state index in [0.29, 0.717) is 25.0 Å². The van der Waals surface area contributed by atoms with Crippen LogP contribution in [-0.2, 0) is 9.59 Å². The van der Waals surface area contributed by atoms with Crippen LogP contribution < -0.4 is 10.6 Å². The number of rotatable bonds is 7. The van der Waals surface area contributed by atoms with Gasteiger partial charge in [-0.05, 0) is 37.0 Å². The zero-order valence-electron chi connectivity index (χ0n) is 16.2. The maximum absolute atomic E-state index is 12.7. The second-order valence-corrected chi connectivity index (χ2v) is 7.71. The third-order valence-electron chi connectivity index (χ3n) is 5.75. The van der Waals surface area contributed by atoms with Crippen molar-refractivity contribution in [2.45, 2.75) is 50.1 Å². The van der Waals surface area contributed by atoms with Crippen molar-refractivity contribution in [2.75, 3.05) is 6.54 Å². The molecule has 1 aliphatic carbocycles. The Morgan fingerprint density at radius 1 is 1.14 bits per heavy atom. The molecule has 0 unspecified atom stereocenters. The van der Waals surface area contributed by atoms with Crippen LogP contribution in [-0.4, -0.2) is 34.8 Å². The number of hydrogen-bond acceptors (Lipinski definition) is 4. The summed E-state index contributed by atoms with van der Waals surface area (Å²) in [6, 6.07) is 12.5. The van der Waals surface area contributed by atoms with E-state index in [9.17, 15) is 14.4 Å². The van der Waals surface area contributed by atoms with E-state index in [1.54, 1.807) is 12.3 Å². The second kappa shape index (κ2) is 8.11. The molecule has 2 N–H and O–H groups in total. The highest BCUT2D eigenvalue weighted by atomic mass is 16.3. The number of nitrogens with one attached hydrogen (secondary N) is 2. The number of carbonyl (C=O) groups excluding carboxylic acids is 3. The van der Waals surface area contributed by atoms with Crippen LogP contribution >= 0.6 is 0 Å². The summed E-state index contributed by atoms with van der Waals surface area (Å²) in [6.45, 7) is 0.247. The molecule has 1 atom stereocenters. The van der Waals surface area contributed by atoms with E-state index >= 15 is 0 Å². The van der Waals surface area contributed by atoms with Crippen LogP contribution in [0.4, 0.5) is 4.79 Å². The molecule has 2 aliphatic rings. The van der Waals surface area contributed by atoms with Crippen molar-refractivity contribution in [3.63, 3.8) is 0 Å². The van der Waals surface area contributed by atoms with Crippen LogP contribution in [0.15, 0.2) is 53.1 Å². The van der Waals surface area contributed by atoms with Gasteiger partial charge in [-0.15, -0.1) is 0 Å². The van der Waals surface area contributed by atoms with E-state index in [4.69, 9.17) is 4.42 Å². The van der Waals surface area contributed by atoms with Crippen LogP contribution in [0.25, 0.3) is 0 Å². The fourth-order valence-electron chi connectivity index (χ4n) is 4.25. The van der Waals surface area contributed by atoms with Crippen molar-refractivity contribution >= 4 is 17.8 Å². The predicted octanol–water partition coefficient (Wildman–Crippen LogP) is 3.13. The molecular formula is C22H25N3O4. The molecule has 1 saturated carbocycles. The number of amides is 4. The van der Waals surface area contributed by atoms with Gasteiger partial charge in [0, 0.05) is 13.0 Å². The van der Waals surface area contributed by atoms with Gasteiger partial charge < -0.3 is 15.1 Å². The summed E-state index contributed by atoms with van der Waals surface area (Å²) < 4.78 is 5.50. The Labute approximate surface area is 169 Å². The molecule has 1 spiro atoms. The number of nitrogens with zero attached hydrogens (tertiary/aromatic N) is 1. The Balaban J connectivity index is 1.33. The lowest BCUT2D eigenvalue weighted by Crippen LogP contribution is -2.44. The highest BCUT2D eigenvalue weighted by Gasteiger charge is 2.52. The second-order valence-electron chi connectivity index (χ2n) is 7.71. The normalized spacial score (nSPS) is 18.8. The zero-order valence-corrected chi connectivity index (χ0v) is 16.2.